The molecule has 4 nitrogen and oxygen atoms in total. The standard InChI is InChI=1S/C18H21BrN2O2/c19-15-7-5-14(6-8-15)12-18(22)20-13-16(17-4-3-11-23-17)21-9-1-2-10-21/h3-8,11,16H,1-2,9-10,12-13H2,(H,20,22). The van der Waals surface area contributed by atoms with E-state index < -0.39 is 0 Å². The van der Waals surface area contributed by atoms with E-state index in [1.807, 2.05) is 36.4 Å². The van der Waals surface area contributed by atoms with Crippen LogP contribution in [0.1, 0.15) is 30.2 Å². The smallest absolute Gasteiger partial charge is 0.224 e. The van der Waals surface area contributed by atoms with Crippen LogP contribution in [-0.4, -0.2) is 30.4 Å². The number of furan rings is 1. The number of halogens is 1. The highest BCUT2D eigenvalue weighted by Crippen LogP contribution is 2.24. The van der Waals surface area contributed by atoms with Gasteiger partial charge in [-0.25, -0.2) is 0 Å². The third-order valence-corrected chi connectivity index (χ3v) is 4.75. The summed E-state index contributed by atoms with van der Waals surface area (Å²) in [5, 5.41) is 3.06. The Morgan fingerprint density at radius 3 is 2.61 bits per heavy atom. The van der Waals surface area contributed by atoms with Crippen molar-refractivity contribution in [1.29, 1.82) is 0 Å². The molecule has 1 atom stereocenters. The zero-order chi connectivity index (χ0) is 16.1. The molecule has 0 saturated carbocycles. The van der Waals surface area contributed by atoms with Crippen LogP contribution in [0, 0.1) is 0 Å². The fourth-order valence-electron chi connectivity index (χ4n) is 3.00. The largest absolute Gasteiger partial charge is 0.468 e. The minimum absolute atomic E-state index is 0.0445. The molecule has 1 unspecified atom stereocenters. The molecule has 1 aromatic heterocycles. The molecule has 3 rings (SSSR count). The van der Waals surface area contributed by atoms with Gasteiger partial charge in [-0.3, -0.25) is 9.69 Å². The SMILES string of the molecule is O=C(Cc1ccc(Br)cc1)NCC(c1ccco1)N1CCCC1. The van der Waals surface area contributed by atoms with Crippen molar-refractivity contribution < 1.29 is 9.21 Å². The number of nitrogens with zero attached hydrogens (tertiary/aromatic N) is 1. The maximum atomic E-state index is 12.2. The summed E-state index contributed by atoms with van der Waals surface area (Å²) >= 11 is 3.40. The van der Waals surface area contributed by atoms with Crippen LogP contribution in [0.15, 0.2) is 51.6 Å². The van der Waals surface area contributed by atoms with Crippen molar-refractivity contribution in [2.75, 3.05) is 19.6 Å². The van der Waals surface area contributed by atoms with Crippen LogP contribution in [0.2, 0.25) is 0 Å². The lowest BCUT2D eigenvalue weighted by atomic mass is 10.1. The lowest BCUT2D eigenvalue weighted by Crippen LogP contribution is -2.37. The van der Waals surface area contributed by atoms with Crippen LogP contribution in [0.4, 0.5) is 0 Å². The van der Waals surface area contributed by atoms with Gasteiger partial charge in [0.05, 0.1) is 18.7 Å². The Morgan fingerprint density at radius 2 is 1.96 bits per heavy atom. The number of nitrogens with one attached hydrogen (secondary N) is 1. The predicted octanol–water partition coefficient (Wildman–Crippen LogP) is 3.54. The zero-order valence-corrected chi connectivity index (χ0v) is 14.6. The van der Waals surface area contributed by atoms with Gasteiger partial charge < -0.3 is 9.73 Å². The normalized spacial score (nSPS) is 16.4. The fourth-order valence-corrected chi connectivity index (χ4v) is 3.27. The molecule has 2 aromatic rings. The van der Waals surface area contributed by atoms with Gasteiger partial charge in [0.1, 0.15) is 5.76 Å². The summed E-state index contributed by atoms with van der Waals surface area (Å²) in [5.41, 5.74) is 1.02. The highest BCUT2D eigenvalue weighted by Gasteiger charge is 2.25. The number of likely N-dealkylation sites (tertiary alicyclic amines) is 1. The molecular weight excluding hydrogens is 356 g/mol. The molecule has 1 aromatic carbocycles. The van der Waals surface area contributed by atoms with E-state index in [2.05, 4.69) is 26.1 Å². The van der Waals surface area contributed by atoms with Gasteiger partial charge in [0, 0.05) is 11.0 Å². The number of carbonyl (C=O) groups excluding carboxylic acids is 1. The van der Waals surface area contributed by atoms with Gasteiger partial charge >= 0.3 is 0 Å². The molecule has 0 bridgehead atoms. The summed E-state index contributed by atoms with van der Waals surface area (Å²) in [6, 6.07) is 11.9. The molecule has 1 aliphatic rings. The number of hydrogen-bond donors (Lipinski definition) is 1. The number of benzene rings is 1. The Bertz CT molecular complexity index is 619. The van der Waals surface area contributed by atoms with Crippen molar-refractivity contribution in [2.45, 2.75) is 25.3 Å². The van der Waals surface area contributed by atoms with Gasteiger partial charge in [0.25, 0.3) is 0 Å². The number of rotatable bonds is 6. The van der Waals surface area contributed by atoms with E-state index >= 15 is 0 Å². The maximum Gasteiger partial charge on any atom is 0.224 e. The average Bonchev–Trinajstić information content (AvgIpc) is 3.24. The van der Waals surface area contributed by atoms with Crippen molar-refractivity contribution >= 4 is 21.8 Å². The third kappa shape index (κ3) is 4.45. The summed E-state index contributed by atoms with van der Waals surface area (Å²) in [7, 11) is 0. The van der Waals surface area contributed by atoms with Crippen molar-refractivity contribution in [2.24, 2.45) is 0 Å². The number of hydrogen-bond acceptors (Lipinski definition) is 3. The summed E-state index contributed by atoms with van der Waals surface area (Å²) in [4.78, 5) is 14.6. The molecule has 1 amide bonds. The second kappa shape index (κ2) is 7.79. The van der Waals surface area contributed by atoms with Crippen LogP contribution in [0.3, 0.4) is 0 Å². The molecular formula is C18H21BrN2O2. The van der Waals surface area contributed by atoms with Crippen molar-refractivity contribution in [3.63, 3.8) is 0 Å². The van der Waals surface area contributed by atoms with Gasteiger partial charge in [-0.15, -0.1) is 0 Å². The molecule has 1 N–H and O–H groups in total. The van der Waals surface area contributed by atoms with E-state index in [9.17, 15) is 4.79 Å². The molecule has 0 aliphatic carbocycles. The van der Waals surface area contributed by atoms with Crippen LogP contribution in [-0.2, 0) is 11.2 Å². The third-order valence-electron chi connectivity index (χ3n) is 4.22. The molecule has 0 radical (unpaired) electrons. The van der Waals surface area contributed by atoms with E-state index in [0.717, 1.165) is 28.9 Å². The van der Waals surface area contributed by atoms with Gasteiger partial charge in [-0.2, -0.15) is 0 Å². The van der Waals surface area contributed by atoms with Gasteiger partial charge in [0.2, 0.25) is 5.91 Å². The molecule has 1 aliphatic heterocycles. The first-order chi connectivity index (χ1) is 11.2. The van der Waals surface area contributed by atoms with Crippen LogP contribution < -0.4 is 5.32 Å². The summed E-state index contributed by atoms with van der Waals surface area (Å²) < 4.78 is 6.60. The molecule has 122 valence electrons. The average molecular weight is 377 g/mol. The van der Waals surface area contributed by atoms with Crippen LogP contribution >= 0.6 is 15.9 Å². The topological polar surface area (TPSA) is 45.5 Å². The Labute approximate surface area is 145 Å². The lowest BCUT2D eigenvalue weighted by Gasteiger charge is -2.26. The fraction of sp³-hybridized carbons (Fsp3) is 0.389. The molecule has 1 fully saturated rings. The van der Waals surface area contributed by atoms with E-state index in [4.69, 9.17) is 4.42 Å². The molecule has 0 spiro atoms. The molecule has 5 heteroatoms. The van der Waals surface area contributed by atoms with Gasteiger partial charge in [0.15, 0.2) is 0 Å². The highest BCUT2D eigenvalue weighted by atomic mass is 79.9. The molecule has 23 heavy (non-hydrogen) atoms. The predicted molar refractivity (Wildman–Crippen MR) is 93.1 cm³/mol. The highest BCUT2D eigenvalue weighted by molar-refractivity contribution is 9.10. The summed E-state index contributed by atoms with van der Waals surface area (Å²) in [6.45, 7) is 2.71. The lowest BCUT2D eigenvalue weighted by molar-refractivity contribution is -0.120. The van der Waals surface area contributed by atoms with E-state index in [0.29, 0.717) is 13.0 Å². The van der Waals surface area contributed by atoms with Crippen LogP contribution in [0.25, 0.3) is 0 Å². The van der Waals surface area contributed by atoms with E-state index in [1.54, 1.807) is 6.26 Å². The zero-order valence-electron chi connectivity index (χ0n) is 13.0. The molecule has 2 heterocycles. The minimum atomic E-state index is 0.0445. The first-order valence-corrected chi connectivity index (χ1v) is 8.80. The van der Waals surface area contributed by atoms with Gasteiger partial charge in [-0.05, 0) is 55.8 Å². The Hall–Kier alpha value is -1.59. The van der Waals surface area contributed by atoms with Crippen LogP contribution in [0.5, 0.6) is 0 Å². The number of carbonyl (C=O) groups is 1. The second-order valence-corrected chi connectivity index (χ2v) is 6.80. The maximum absolute atomic E-state index is 12.2. The van der Waals surface area contributed by atoms with Crippen molar-refractivity contribution in [3.05, 3.63) is 58.5 Å². The quantitative estimate of drug-likeness (QED) is 0.838. The van der Waals surface area contributed by atoms with Crippen molar-refractivity contribution in [1.82, 2.24) is 10.2 Å². The Balaban J connectivity index is 1.57. The Kier molecular flexibility index (Phi) is 5.51. The first kappa shape index (κ1) is 16.3. The molecule has 1 saturated heterocycles. The second-order valence-electron chi connectivity index (χ2n) is 5.88. The summed E-state index contributed by atoms with van der Waals surface area (Å²) in [6.07, 6.45) is 4.52. The first-order valence-electron chi connectivity index (χ1n) is 8.01. The summed E-state index contributed by atoms with van der Waals surface area (Å²) in [5.74, 6) is 0.971. The monoisotopic (exact) mass is 376 g/mol. The van der Waals surface area contributed by atoms with E-state index in [1.165, 1.54) is 12.8 Å². The van der Waals surface area contributed by atoms with Gasteiger partial charge in [-0.1, -0.05) is 28.1 Å². The Morgan fingerprint density at radius 1 is 1.22 bits per heavy atom. The number of amides is 1. The minimum Gasteiger partial charge on any atom is -0.468 e. The van der Waals surface area contributed by atoms with Crippen molar-refractivity contribution in [3.8, 4) is 0 Å². The van der Waals surface area contributed by atoms with E-state index in [-0.39, 0.29) is 11.9 Å².